The average molecular weight is 245 g/mol. The fourth-order valence-electron chi connectivity index (χ4n) is 1.37. The van der Waals surface area contributed by atoms with Crippen molar-refractivity contribution < 1.29 is 14.9 Å². The molecule has 0 aromatic heterocycles. The fourth-order valence-corrected chi connectivity index (χ4v) is 1.55. The summed E-state index contributed by atoms with van der Waals surface area (Å²) >= 11 is 5.84. The number of aliphatic hydroxyl groups excluding tert-OH is 2. The van der Waals surface area contributed by atoms with Gasteiger partial charge in [0.2, 0.25) is 0 Å². The largest absolute Gasteiger partial charge is 0.493 e. The van der Waals surface area contributed by atoms with Crippen molar-refractivity contribution >= 4 is 11.6 Å². The second-order valence-corrected chi connectivity index (χ2v) is 4.07. The number of unbranched alkanes of at least 4 members (excludes halogenated alkanes) is 1. The van der Waals surface area contributed by atoms with Crippen LogP contribution in [-0.2, 0) is 0 Å². The number of benzene rings is 1. The van der Waals surface area contributed by atoms with Gasteiger partial charge in [0.25, 0.3) is 0 Å². The van der Waals surface area contributed by atoms with Gasteiger partial charge in [0, 0.05) is 17.2 Å². The second kappa shape index (κ2) is 6.74. The Balaban J connectivity index is 2.64. The lowest BCUT2D eigenvalue weighted by molar-refractivity contribution is 0.189. The minimum absolute atomic E-state index is 0.174. The number of hydrogen-bond acceptors (Lipinski definition) is 3. The molecule has 1 rings (SSSR count). The molecule has 0 saturated carbocycles. The van der Waals surface area contributed by atoms with Gasteiger partial charge in [-0.05, 0) is 38.0 Å². The first-order valence-corrected chi connectivity index (χ1v) is 5.74. The summed E-state index contributed by atoms with van der Waals surface area (Å²) in [5.74, 6) is 0.650. The van der Waals surface area contributed by atoms with Crippen LogP contribution in [0.15, 0.2) is 18.2 Å². The standard InChI is InChI=1S/C12H17ClO3/c1-9(15)11-8-10(13)4-5-12(11)16-7-3-2-6-14/h4-5,8-9,14-15H,2-3,6-7H2,1H3/t9-/m1/s1. The third-order valence-corrected chi connectivity index (χ3v) is 2.47. The van der Waals surface area contributed by atoms with E-state index in [1.165, 1.54) is 0 Å². The number of ether oxygens (including phenoxy) is 1. The van der Waals surface area contributed by atoms with Crippen LogP contribution in [0.2, 0.25) is 5.02 Å². The maximum Gasteiger partial charge on any atom is 0.125 e. The second-order valence-electron chi connectivity index (χ2n) is 3.64. The number of aliphatic hydroxyl groups is 2. The Morgan fingerprint density at radius 2 is 2.12 bits per heavy atom. The van der Waals surface area contributed by atoms with E-state index in [-0.39, 0.29) is 6.61 Å². The van der Waals surface area contributed by atoms with Gasteiger partial charge < -0.3 is 14.9 Å². The van der Waals surface area contributed by atoms with Crippen LogP contribution in [-0.4, -0.2) is 23.4 Å². The third-order valence-electron chi connectivity index (χ3n) is 2.23. The van der Waals surface area contributed by atoms with Crippen molar-refractivity contribution in [1.82, 2.24) is 0 Å². The summed E-state index contributed by atoms with van der Waals surface area (Å²) < 4.78 is 5.53. The van der Waals surface area contributed by atoms with E-state index >= 15 is 0 Å². The molecular weight excluding hydrogens is 228 g/mol. The third kappa shape index (κ3) is 4.00. The lowest BCUT2D eigenvalue weighted by Crippen LogP contribution is -2.03. The van der Waals surface area contributed by atoms with Crippen LogP contribution in [0.4, 0.5) is 0 Å². The van der Waals surface area contributed by atoms with Crippen LogP contribution >= 0.6 is 11.6 Å². The SMILES string of the molecule is C[C@@H](O)c1cc(Cl)ccc1OCCCCO. The van der Waals surface area contributed by atoms with Gasteiger partial charge in [-0.3, -0.25) is 0 Å². The molecule has 0 aliphatic heterocycles. The summed E-state index contributed by atoms with van der Waals surface area (Å²) in [7, 11) is 0. The molecule has 0 heterocycles. The highest BCUT2D eigenvalue weighted by Gasteiger charge is 2.09. The summed E-state index contributed by atoms with van der Waals surface area (Å²) in [4.78, 5) is 0. The van der Waals surface area contributed by atoms with Crippen molar-refractivity contribution in [2.24, 2.45) is 0 Å². The van der Waals surface area contributed by atoms with E-state index in [1.807, 2.05) is 0 Å². The highest BCUT2D eigenvalue weighted by molar-refractivity contribution is 6.30. The molecule has 1 aromatic rings. The molecule has 16 heavy (non-hydrogen) atoms. The molecule has 1 aromatic carbocycles. The van der Waals surface area contributed by atoms with E-state index in [0.717, 1.165) is 12.8 Å². The average Bonchev–Trinajstić information content (AvgIpc) is 2.26. The fraction of sp³-hybridized carbons (Fsp3) is 0.500. The summed E-state index contributed by atoms with van der Waals surface area (Å²) in [6, 6.07) is 5.19. The van der Waals surface area contributed by atoms with Crippen molar-refractivity contribution in [3.63, 3.8) is 0 Å². The summed E-state index contributed by atoms with van der Waals surface area (Å²) in [5, 5.41) is 18.8. The van der Waals surface area contributed by atoms with Crippen molar-refractivity contribution in [2.75, 3.05) is 13.2 Å². The van der Waals surface area contributed by atoms with Gasteiger partial charge in [0.15, 0.2) is 0 Å². The molecule has 0 spiro atoms. The minimum Gasteiger partial charge on any atom is -0.493 e. The number of hydrogen-bond donors (Lipinski definition) is 2. The molecule has 2 N–H and O–H groups in total. The maximum absolute atomic E-state index is 9.55. The Morgan fingerprint density at radius 1 is 1.38 bits per heavy atom. The van der Waals surface area contributed by atoms with Crippen LogP contribution in [0, 0.1) is 0 Å². The maximum atomic E-state index is 9.55. The molecule has 0 saturated heterocycles. The van der Waals surface area contributed by atoms with Gasteiger partial charge in [0.05, 0.1) is 12.7 Å². The van der Waals surface area contributed by atoms with Crippen molar-refractivity contribution in [3.8, 4) is 5.75 Å². The lowest BCUT2D eigenvalue weighted by atomic mass is 10.1. The summed E-state index contributed by atoms with van der Waals surface area (Å²) in [5.41, 5.74) is 0.691. The van der Waals surface area contributed by atoms with Crippen LogP contribution in [0.1, 0.15) is 31.4 Å². The van der Waals surface area contributed by atoms with E-state index in [2.05, 4.69) is 0 Å². The van der Waals surface area contributed by atoms with E-state index in [1.54, 1.807) is 25.1 Å². The van der Waals surface area contributed by atoms with Crippen LogP contribution in [0.3, 0.4) is 0 Å². The molecular formula is C12H17ClO3. The van der Waals surface area contributed by atoms with E-state index < -0.39 is 6.10 Å². The smallest absolute Gasteiger partial charge is 0.125 e. The van der Waals surface area contributed by atoms with Gasteiger partial charge in [-0.25, -0.2) is 0 Å². The molecule has 3 nitrogen and oxygen atoms in total. The molecule has 0 amide bonds. The van der Waals surface area contributed by atoms with Crippen LogP contribution < -0.4 is 4.74 Å². The first-order valence-electron chi connectivity index (χ1n) is 5.36. The summed E-state index contributed by atoms with van der Waals surface area (Å²) in [6.45, 7) is 2.38. The quantitative estimate of drug-likeness (QED) is 0.756. The number of rotatable bonds is 6. The molecule has 0 radical (unpaired) electrons. The number of halogens is 1. The normalized spacial score (nSPS) is 12.5. The highest BCUT2D eigenvalue weighted by Crippen LogP contribution is 2.28. The van der Waals surface area contributed by atoms with Crippen molar-refractivity contribution in [3.05, 3.63) is 28.8 Å². The molecule has 1 atom stereocenters. The van der Waals surface area contributed by atoms with Gasteiger partial charge >= 0.3 is 0 Å². The monoisotopic (exact) mass is 244 g/mol. The van der Waals surface area contributed by atoms with Gasteiger partial charge in [-0.2, -0.15) is 0 Å². The molecule has 0 unspecified atom stereocenters. The minimum atomic E-state index is -0.605. The van der Waals surface area contributed by atoms with E-state index in [0.29, 0.717) is 22.9 Å². The van der Waals surface area contributed by atoms with Crippen molar-refractivity contribution in [2.45, 2.75) is 25.9 Å². The first-order chi connectivity index (χ1) is 7.65. The Hall–Kier alpha value is -0.770. The molecule has 90 valence electrons. The zero-order valence-corrected chi connectivity index (χ0v) is 10.1. The van der Waals surface area contributed by atoms with Gasteiger partial charge in [-0.15, -0.1) is 0 Å². The predicted molar refractivity (Wildman–Crippen MR) is 63.9 cm³/mol. The van der Waals surface area contributed by atoms with Gasteiger partial charge in [-0.1, -0.05) is 11.6 Å². The summed E-state index contributed by atoms with van der Waals surface area (Å²) in [6.07, 6.45) is 0.905. The zero-order valence-electron chi connectivity index (χ0n) is 9.32. The molecule has 0 bridgehead atoms. The first kappa shape index (κ1) is 13.3. The topological polar surface area (TPSA) is 49.7 Å². The molecule has 4 heteroatoms. The Labute approximate surface area is 101 Å². The van der Waals surface area contributed by atoms with E-state index in [9.17, 15) is 5.11 Å². The van der Waals surface area contributed by atoms with E-state index in [4.69, 9.17) is 21.4 Å². The Morgan fingerprint density at radius 3 is 2.75 bits per heavy atom. The lowest BCUT2D eigenvalue weighted by Gasteiger charge is -2.13. The van der Waals surface area contributed by atoms with Crippen LogP contribution in [0.25, 0.3) is 0 Å². The van der Waals surface area contributed by atoms with Gasteiger partial charge in [0.1, 0.15) is 5.75 Å². The Bertz CT molecular complexity index is 326. The molecule has 0 aliphatic rings. The highest BCUT2D eigenvalue weighted by atomic mass is 35.5. The van der Waals surface area contributed by atoms with Crippen LogP contribution in [0.5, 0.6) is 5.75 Å². The molecule has 0 fully saturated rings. The Kier molecular flexibility index (Phi) is 5.60. The zero-order chi connectivity index (χ0) is 12.0. The molecule has 0 aliphatic carbocycles. The predicted octanol–water partition coefficient (Wildman–Crippen LogP) is 2.54. The van der Waals surface area contributed by atoms with Crippen molar-refractivity contribution in [1.29, 1.82) is 0 Å².